The Morgan fingerprint density at radius 3 is 2.40 bits per heavy atom. The van der Waals surface area contributed by atoms with Gasteiger partial charge in [-0.15, -0.1) is 0 Å². The zero-order valence-electron chi connectivity index (χ0n) is 13.7. The standard InChI is InChI=1S/C17H34N2O/c1-14-5-6-17(13-15(14)2)18-16-7-10-19(11-8-16)9-4-12-20-3/h14-18H,4-13H2,1-3H3/t14-,15+,17-/m1/s1. The van der Waals surface area contributed by atoms with Crippen molar-refractivity contribution in [3.63, 3.8) is 0 Å². The van der Waals surface area contributed by atoms with E-state index in [1.54, 1.807) is 7.11 Å². The fourth-order valence-corrected chi connectivity index (χ4v) is 3.79. The molecule has 1 heterocycles. The summed E-state index contributed by atoms with van der Waals surface area (Å²) in [6.45, 7) is 9.48. The number of hydrogen-bond donors (Lipinski definition) is 1. The Bertz CT molecular complexity index is 264. The largest absolute Gasteiger partial charge is 0.385 e. The zero-order chi connectivity index (χ0) is 14.4. The van der Waals surface area contributed by atoms with Crippen LogP contribution in [0, 0.1) is 11.8 Å². The average molecular weight is 282 g/mol. The molecule has 0 unspecified atom stereocenters. The highest BCUT2D eigenvalue weighted by atomic mass is 16.5. The molecule has 0 amide bonds. The van der Waals surface area contributed by atoms with Crippen LogP contribution in [0.15, 0.2) is 0 Å². The van der Waals surface area contributed by atoms with E-state index in [-0.39, 0.29) is 0 Å². The molecule has 2 aliphatic rings. The Balaban J connectivity index is 1.62. The van der Waals surface area contributed by atoms with Crippen LogP contribution in [0.2, 0.25) is 0 Å². The second kappa shape index (κ2) is 8.35. The maximum atomic E-state index is 5.13. The first-order chi connectivity index (χ1) is 9.69. The summed E-state index contributed by atoms with van der Waals surface area (Å²) in [6.07, 6.45) is 8.01. The van der Waals surface area contributed by atoms with Crippen molar-refractivity contribution in [1.29, 1.82) is 0 Å². The van der Waals surface area contributed by atoms with Crippen LogP contribution in [0.5, 0.6) is 0 Å². The van der Waals surface area contributed by atoms with Crippen molar-refractivity contribution in [1.82, 2.24) is 10.2 Å². The molecule has 1 saturated heterocycles. The molecule has 2 rings (SSSR count). The fraction of sp³-hybridized carbons (Fsp3) is 1.00. The Hall–Kier alpha value is -0.120. The van der Waals surface area contributed by atoms with Gasteiger partial charge in [0.05, 0.1) is 0 Å². The predicted octanol–water partition coefficient (Wildman–Crippen LogP) is 2.90. The third kappa shape index (κ3) is 5.01. The topological polar surface area (TPSA) is 24.5 Å². The van der Waals surface area contributed by atoms with Gasteiger partial charge in [-0.3, -0.25) is 0 Å². The number of nitrogens with one attached hydrogen (secondary N) is 1. The SMILES string of the molecule is COCCCN1CCC(N[C@@H]2CC[C@@H](C)[C@@H](C)C2)CC1. The van der Waals surface area contributed by atoms with E-state index in [1.807, 2.05) is 0 Å². The van der Waals surface area contributed by atoms with E-state index < -0.39 is 0 Å². The van der Waals surface area contributed by atoms with E-state index in [0.717, 1.165) is 30.5 Å². The molecule has 3 atom stereocenters. The lowest BCUT2D eigenvalue weighted by Gasteiger charge is -2.38. The summed E-state index contributed by atoms with van der Waals surface area (Å²) in [5.41, 5.74) is 0. The second-order valence-electron chi connectivity index (χ2n) is 7.09. The van der Waals surface area contributed by atoms with Gasteiger partial charge < -0.3 is 15.0 Å². The minimum Gasteiger partial charge on any atom is -0.385 e. The van der Waals surface area contributed by atoms with Crippen molar-refractivity contribution < 1.29 is 4.74 Å². The van der Waals surface area contributed by atoms with Gasteiger partial charge in [0, 0.05) is 32.3 Å². The second-order valence-corrected chi connectivity index (χ2v) is 7.09. The molecule has 0 spiro atoms. The maximum Gasteiger partial charge on any atom is 0.0474 e. The smallest absolute Gasteiger partial charge is 0.0474 e. The van der Waals surface area contributed by atoms with E-state index in [1.165, 1.54) is 58.2 Å². The van der Waals surface area contributed by atoms with Crippen molar-refractivity contribution in [2.45, 2.75) is 64.5 Å². The molecule has 1 N–H and O–H groups in total. The Morgan fingerprint density at radius 1 is 1.00 bits per heavy atom. The molecule has 20 heavy (non-hydrogen) atoms. The monoisotopic (exact) mass is 282 g/mol. The van der Waals surface area contributed by atoms with Gasteiger partial charge in [-0.05, 0) is 63.5 Å². The first-order valence-electron chi connectivity index (χ1n) is 8.66. The minimum atomic E-state index is 0.763. The first-order valence-corrected chi connectivity index (χ1v) is 8.66. The van der Waals surface area contributed by atoms with E-state index in [4.69, 9.17) is 4.74 Å². The molecule has 1 aliphatic carbocycles. The zero-order valence-corrected chi connectivity index (χ0v) is 13.7. The molecule has 0 aromatic heterocycles. The van der Waals surface area contributed by atoms with Crippen LogP contribution in [0.3, 0.4) is 0 Å². The first kappa shape index (κ1) is 16.3. The van der Waals surface area contributed by atoms with Crippen LogP contribution in [0.1, 0.15) is 52.4 Å². The lowest BCUT2D eigenvalue weighted by atomic mass is 9.79. The van der Waals surface area contributed by atoms with Crippen LogP contribution in [-0.2, 0) is 4.74 Å². The van der Waals surface area contributed by atoms with Crippen LogP contribution >= 0.6 is 0 Å². The number of likely N-dealkylation sites (tertiary alicyclic amines) is 1. The molecule has 0 aromatic carbocycles. The van der Waals surface area contributed by atoms with E-state index in [2.05, 4.69) is 24.1 Å². The van der Waals surface area contributed by atoms with E-state index in [9.17, 15) is 0 Å². The highest BCUT2D eigenvalue weighted by Crippen LogP contribution is 2.30. The molecule has 3 nitrogen and oxygen atoms in total. The molecule has 0 aromatic rings. The van der Waals surface area contributed by atoms with Gasteiger partial charge >= 0.3 is 0 Å². The van der Waals surface area contributed by atoms with Crippen LogP contribution in [0.25, 0.3) is 0 Å². The highest BCUT2D eigenvalue weighted by molar-refractivity contribution is 4.85. The number of nitrogens with zero attached hydrogens (tertiary/aromatic N) is 1. The lowest BCUT2D eigenvalue weighted by Crippen LogP contribution is -2.48. The van der Waals surface area contributed by atoms with Crippen molar-refractivity contribution in [3.05, 3.63) is 0 Å². The molecule has 1 aliphatic heterocycles. The molecule has 0 bridgehead atoms. The molecule has 1 saturated carbocycles. The normalized spacial score (nSPS) is 33.5. The predicted molar refractivity (Wildman–Crippen MR) is 85.1 cm³/mol. The third-order valence-corrected chi connectivity index (χ3v) is 5.48. The summed E-state index contributed by atoms with van der Waals surface area (Å²) in [7, 11) is 1.79. The maximum absolute atomic E-state index is 5.13. The molecule has 118 valence electrons. The Labute approximate surface area is 125 Å². The Kier molecular flexibility index (Phi) is 6.79. The summed E-state index contributed by atoms with van der Waals surface area (Å²) < 4.78 is 5.13. The van der Waals surface area contributed by atoms with Gasteiger partial charge in [0.15, 0.2) is 0 Å². The van der Waals surface area contributed by atoms with Gasteiger partial charge in [0.1, 0.15) is 0 Å². The third-order valence-electron chi connectivity index (χ3n) is 5.48. The van der Waals surface area contributed by atoms with Crippen LogP contribution in [0.4, 0.5) is 0 Å². The number of rotatable bonds is 6. The van der Waals surface area contributed by atoms with Gasteiger partial charge in [0.2, 0.25) is 0 Å². The van der Waals surface area contributed by atoms with Crippen molar-refractivity contribution >= 4 is 0 Å². The Morgan fingerprint density at radius 2 is 1.75 bits per heavy atom. The van der Waals surface area contributed by atoms with Gasteiger partial charge in [-0.1, -0.05) is 13.8 Å². The van der Waals surface area contributed by atoms with E-state index >= 15 is 0 Å². The molecular weight excluding hydrogens is 248 g/mol. The summed E-state index contributed by atoms with van der Waals surface area (Å²) in [5.74, 6) is 1.83. The molecule has 2 fully saturated rings. The minimum absolute atomic E-state index is 0.763. The quantitative estimate of drug-likeness (QED) is 0.758. The summed E-state index contributed by atoms with van der Waals surface area (Å²) in [6, 6.07) is 1.55. The highest BCUT2D eigenvalue weighted by Gasteiger charge is 2.27. The fourth-order valence-electron chi connectivity index (χ4n) is 3.79. The molecular formula is C17H34N2O. The number of ether oxygens (including phenoxy) is 1. The number of piperidine rings is 1. The van der Waals surface area contributed by atoms with Gasteiger partial charge in [-0.25, -0.2) is 0 Å². The summed E-state index contributed by atoms with van der Waals surface area (Å²) in [4.78, 5) is 2.60. The van der Waals surface area contributed by atoms with E-state index in [0.29, 0.717) is 0 Å². The van der Waals surface area contributed by atoms with Crippen LogP contribution < -0.4 is 5.32 Å². The number of methoxy groups -OCH3 is 1. The molecule has 3 heteroatoms. The van der Waals surface area contributed by atoms with Gasteiger partial charge in [0.25, 0.3) is 0 Å². The van der Waals surface area contributed by atoms with Gasteiger partial charge in [-0.2, -0.15) is 0 Å². The summed E-state index contributed by atoms with van der Waals surface area (Å²) >= 11 is 0. The lowest BCUT2D eigenvalue weighted by molar-refractivity contribution is 0.142. The van der Waals surface area contributed by atoms with Crippen molar-refractivity contribution in [2.75, 3.05) is 33.4 Å². The molecule has 0 radical (unpaired) electrons. The van der Waals surface area contributed by atoms with Crippen molar-refractivity contribution in [3.8, 4) is 0 Å². The van der Waals surface area contributed by atoms with Crippen molar-refractivity contribution in [2.24, 2.45) is 11.8 Å². The summed E-state index contributed by atoms with van der Waals surface area (Å²) in [5, 5.41) is 3.95. The number of hydrogen-bond acceptors (Lipinski definition) is 3. The van der Waals surface area contributed by atoms with Crippen LogP contribution in [-0.4, -0.2) is 50.3 Å². The average Bonchev–Trinajstić information content (AvgIpc) is 2.45.